The quantitative estimate of drug-likeness (QED) is 0.816. The Morgan fingerprint density at radius 2 is 1.95 bits per heavy atom. The van der Waals surface area contributed by atoms with Crippen LogP contribution in [0.4, 0.5) is 4.39 Å². The molecule has 3 nitrogen and oxygen atoms in total. The highest BCUT2D eigenvalue weighted by Crippen LogP contribution is 2.26. The van der Waals surface area contributed by atoms with Gasteiger partial charge in [0.15, 0.2) is 0 Å². The zero-order valence-corrected chi connectivity index (χ0v) is 13.6. The second kappa shape index (κ2) is 8.28. The second-order valence-corrected chi connectivity index (χ2v) is 6.18. The molecule has 1 saturated heterocycles. The van der Waals surface area contributed by atoms with Crippen molar-refractivity contribution >= 4 is 5.91 Å². The van der Waals surface area contributed by atoms with Crippen LogP contribution in [-0.4, -0.2) is 30.4 Å². The third-order valence-electron chi connectivity index (χ3n) is 4.63. The van der Waals surface area contributed by atoms with Gasteiger partial charge in [-0.3, -0.25) is 9.69 Å². The van der Waals surface area contributed by atoms with Crippen molar-refractivity contribution in [2.24, 2.45) is 5.92 Å². The van der Waals surface area contributed by atoms with E-state index < -0.39 is 0 Å². The topological polar surface area (TPSA) is 32.3 Å². The molecule has 0 aromatic heterocycles. The van der Waals surface area contributed by atoms with Crippen molar-refractivity contribution in [3.63, 3.8) is 0 Å². The van der Waals surface area contributed by atoms with E-state index in [2.05, 4.69) is 24.1 Å². The summed E-state index contributed by atoms with van der Waals surface area (Å²) in [6.45, 7) is 6.91. The molecule has 0 saturated carbocycles. The minimum absolute atomic E-state index is 0.147. The Kier molecular flexibility index (Phi) is 6.37. The van der Waals surface area contributed by atoms with Crippen LogP contribution in [-0.2, 0) is 4.79 Å². The van der Waals surface area contributed by atoms with E-state index in [1.165, 1.54) is 12.1 Å². The zero-order chi connectivity index (χ0) is 15.9. The zero-order valence-electron chi connectivity index (χ0n) is 13.6. The normalized spacial score (nSPS) is 18.1. The lowest BCUT2D eigenvalue weighted by Crippen LogP contribution is -2.41. The Labute approximate surface area is 132 Å². The van der Waals surface area contributed by atoms with Gasteiger partial charge in [0.05, 0.1) is 0 Å². The van der Waals surface area contributed by atoms with Gasteiger partial charge in [-0.2, -0.15) is 0 Å². The molecule has 1 fully saturated rings. The maximum absolute atomic E-state index is 13.0. The number of likely N-dealkylation sites (tertiary alicyclic amines) is 1. The Morgan fingerprint density at radius 3 is 2.55 bits per heavy atom. The predicted molar refractivity (Wildman–Crippen MR) is 87.0 cm³/mol. The minimum Gasteiger partial charge on any atom is -0.356 e. The lowest BCUT2D eigenvalue weighted by Gasteiger charge is -2.35. The summed E-state index contributed by atoms with van der Waals surface area (Å²) in [7, 11) is 0. The number of nitrogens with zero attached hydrogens (tertiary/aromatic N) is 1. The second-order valence-electron chi connectivity index (χ2n) is 6.18. The number of unbranched alkanes of at least 4 members (excludes halogenated alkanes) is 1. The Bertz CT molecular complexity index is 466. The number of nitrogens with one attached hydrogen (secondary N) is 1. The van der Waals surface area contributed by atoms with E-state index in [-0.39, 0.29) is 23.7 Å². The summed E-state index contributed by atoms with van der Waals surface area (Å²) in [5, 5.41) is 3.04. The highest BCUT2D eigenvalue weighted by molar-refractivity contribution is 5.78. The van der Waals surface area contributed by atoms with Crippen LogP contribution in [0.2, 0.25) is 0 Å². The molecule has 1 unspecified atom stereocenters. The molecule has 1 amide bonds. The van der Waals surface area contributed by atoms with Crippen molar-refractivity contribution in [2.75, 3.05) is 19.6 Å². The van der Waals surface area contributed by atoms with E-state index in [1.54, 1.807) is 0 Å². The van der Waals surface area contributed by atoms with Crippen LogP contribution in [0, 0.1) is 11.7 Å². The van der Waals surface area contributed by atoms with Crippen LogP contribution in [0.1, 0.15) is 51.1 Å². The molecule has 1 atom stereocenters. The standard InChI is InChI=1S/C18H27FN2O/c1-3-4-11-20-18(22)16-9-12-21(13-10-16)14(2)15-5-7-17(19)8-6-15/h5-8,14,16H,3-4,9-13H2,1-2H3,(H,20,22). The Hall–Kier alpha value is -1.42. The first-order valence-electron chi connectivity index (χ1n) is 8.39. The largest absolute Gasteiger partial charge is 0.356 e. The fourth-order valence-corrected chi connectivity index (χ4v) is 3.03. The van der Waals surface area contributed by atoms with Crippen LogP contribution in [0.5, 0.6) is 0 Å². The summed E-state index contributed by atoms with van der Waals surface area (Å²) in [5.41, 5.74) is 1.13. The molecule has 2 rings (SSSR count). The van der Waals surface area contributed by atoms with Crippen molar-refractivity contribution in [1.29, 1.82) is 0 Å². The molecule has 1 heterocycles. The first-order chi connectivity index (χ1) is 10.6. The molecule has 122 valence electrons. The van der Waals surface area contributed by atoms with Crippen molar-refractivity contribution in [1.82, 2.24) is 10.2 Å². The Balaban J connectivity index is 1.81. The number of hydrogen-bond donors (Lipinski definition) is 1. The average molecular weight is 306 g/mol. The van der Waals surface area contributed by atoms with E-state index in [4.69, 9.17) is 0 Å². The van der Waals surface area contributed by atoms with Crippen molar-refractivity contribution in [3.05, 3.63) is 35.6 Å². The van der Waals surface area contributed by atoms with Gasteiger partial charge in [0.2, 0.25) is 5.91 Å². The number of halogens is 1. The molecule has 1 N–H and O–H groups in total. The number of amides is 1. The van der Waals surface area contributed by atoms with Gasteiger partial charge in [0, 0.05) is 18.5 Å². The van der Waals surface area contributed by atoms with E-state index in [0.29, 0.717) is 0 Å². The molecular formula is C18H27FN2O. The van der Waals surface area contributed by atoms with Gasteiger partial charge < -0.3 is 5.32 Å². The minimum atomic E-state index is -0.196. The van der Waals surface area contributed by atoms with Crippen LogP contribution in [0.15, 0.2) is 24.3 Å². The summed E-state index contributed by atoms with van der Waals surface area (Å²) in [4.78, 5) is 14.5. The molecule has 1 aromatic rings. The summed E-state index contributed by atoms with van der Waals surface area (Å²) in [6.07, 6.45) is 3.97. The van der Waals surface area contributed by atoms with Gasteiger partial charge in [-0.1, -0.05) is 25.5 Å². The number of benzene rings is 1. The number of carbonyl (C=O) groups is 1. The number of rotatable bonds is 6. The summed E-state index contributed by atoms with van der Waals surface area (Å²) < 4.78 is 13.0. The molecule has 0 bridgehead atoms. The fourth-order valence-electron chi connectivity index (χ4n) is 3.03. The van der Waals surface area contributed by atoms with Crippen LogP contribution < -0.4 is 5.32 Å². The average Bonchev–Trinajstić information content (AvgIpc) is 2.55. The first kappa shape index (κ1) is 16.9. The summed E-state index contributed by atoms with van der Waals surface area (Å²) in [5.74, 6) is 0.162. The summed E-state index contributed by atoms with van der Waals surface area (Å²) in [6, 6.07) is 7.00. The third-order valence-corrected chi connectivity index (χ3v) is 4.63. The molecular weight excluding hydrogens is 279 g/mol. The number of hydrogen-bond acceptors (Lipinski definition) is 2. The lowest BCUT2D eigenvalue weighted by atomic mass is 9.94. The monoisotopic (exact) mass is 306 g/mol. The van der Waals surface area contributed by atoms with Crippen molar-refractivity contribution < 1.29 is 9.18 Å². The highest BCUT2D eigenvalue weighted by Gasteiger charge is 2.27. The molecule has 1 aliphatic rings. The van der Waals surface area contributed by atoms with Gasteiger partial charge in [0.1, 0.15) is 5.82 Å². The maximum atomic E-state index is 13.0. The molecule has 22 heavy (non-hydrogen) atoms. The summed E-state index contributed by atoms with van der Waals surface area (Å²) >= 11 is 0. The van der Waals surface area contributed by atoms with E-state index >= 15 is 0 Å². The Morgan fingerprint density at radius 1 is 1.32 bits per heavy atom. The van der Waals surface area contributed by atoms with Gasteiger partial charge in [-0.05, 0) is 57.0 Å². The van der Waals surface area contributed by atoms with Crippen LogP contribution in [0.3, 0.4) is 0 Å². The molecule has 0 spiro atoms. The smallest absolute Gasteiger partial charge is 0.223 e. The van der Waals surface area contributed by atoms with E-state index in [9.17, 15) is 9.18 Å². The fraction of sp³-hybridized carbons (Fsp3) is 0.611. The molecule has 1 aromatic carbocycles. The maximum Gasteiger partial charge on any atom is 0.223 e. The van der Waals surface area contributed by atoms with Gasteiger partial charge >= 0.3 is 0 Å². The van der Waals surface area contributed by atoms with Crippen LogP contribution in [0.25, 0.3) is 0 Å². The highest BCUT2D eigenvalue weighted by atomic mass is 19.1. The first-order valence-corrected chi connectivity index (χ1v) is 8.39. The third kappa shape index (κ3) is 4.54. The van der Waals surface area contributed by atoms with E-state index in [0.717, 1.165) is 50.9 Å². The molecule has 4 heteroatoms. The van der Waals surface area contributed by atoms with Crippen molar-refractivity contribution in [3.8, 4) is 0 Å². The molecule has 0 aliphatic carbocycles. The lowest BCUT2D eigenvalue weighted by molar-refractivity contribution is -0.126. The van der Waals surface area contributed by atoms with Gasteiger partial charge in [-0.25, -0.2) is 4.39 Å². The van der Waals surface area contributed by atoms with Crippen molar-refractivity contribution in [2.45, 2.75) is 45.6 Å². The van der Waals surface area contributed by atoms with Crippen LogP contribution >= 0.6 is 0 Å². The van der Waals surface area contributed by atoms with E-state index in [1.807, 2.05) is 12.1 Å². The number of carbonyl (C=O) groups excluding carboxylic acids is 1. The SMILES string of the molecule is CCCCNC(=O)C1CCN(C(C)c2ccc(F)cc2)CC1. The molecule has 1 aliphatic heterocycles. The predicted octanol–water partition coefficient (Wildman–Crippen LogP) is 3.52. The molecule has 0 radical (unpaired) electrons. The van der Waals surface area contributed by atoms with Gasteiger partial charge in [0.25, 0.3) is 0 Å². The van der Waals surface area contributed by atoms with Gasteiger partial charge in [-0.15, -0.1) is 0 Å². The number of piperidine rings is 1.